The molecule has 0 spiro atoms. The van der Waals surface area contributed by atoms with E-state index < -0.39 is 0 Å². The van der Waals surface area contributed by atoms with Crippen LogP contribution >= 0.6 is 0 Å². The van der Waals surface area contributed by atoms with Gasteiger partial charge in [0.1, 0.15) is 5.75 Å². The van der Waals surface area contributed by atoms with Crippen molar-refractivity contribution in [3.05, 3.63) is 29.8 Å². The Morgan fingerprint density at radius 2 is 1.95 bits per heavy atom. The summed E-state index contributed by atoms with van der Waals surface area (Å²) in [6.45, 7) is 10.5. The normalized spacial score (nSPS) is 10.7. The van der Waals surface area contributed by atoms with Crippen molar-refractivity contribution in [1.82, 2.24) is 4.90 Å². The third-order valence-corrected chi connectivity index (χ3v) is 3.33. The fourth-order valence-electron chi connectivity index (χ4n) is 2.11. The molecule has 0 amide bonds. The van der Waals surface area contributed by atoms with E-state index in [2.05, 4.69) is 30.9 Å². The molecule has 0 aliphatic rings. The Kier molecular flexibility index (Phi) is 8.51. The second kappa shape index (κ2) is 10.2. The van der Waals surface area contributed by atoms with Crippen molar-refractivity contribution in [2.24, 2.45) is 0 Å². The zero-order valence-electron chi connectivity index (χ0n) is 13.5. The van der Waals surface area contributed by atoms with Crippen LogP contribution in [0.25, 0.3) is 0 Å². The van der Waals surface area contributed by atoms with Crippen LogP contribution in [0.4, 0.5) is 0 Å². The third-order valence-electron chi connectivity index (χ3n) is 3.33. The van der Waals surface area contributed by atoms with Crippen molar-refractivity contribution < 1.29 is 9.47 Å². The molecule has 0 aromatic heterocycles. The molecule has 0 saturated carbocycles. The first-order valence-electron chi connectivity index (χ1n) is 7.83. The summed E-state index contributed by atoms with van der Waals surface area (Å²) in [6, 6.07) is 8.26. The quantitative estimate of drug-likeness (QED) is 0.406. The van der Waals surface area contributed by atoms with Crippen LogP contribution in [0, 0.1) is 5.41 Å². The molecule has 4 nitrogen and oxygen atoms in total. The van der Waals surface area contributed by atoms with E-state index in [-0.39, 0.29) is 0 Å². The molecule has 0 bridgehead atoms. The minimum absolute atomic E-state index is 0.344. The summed E-state index contributed by atoms with van der Waals surface area (Å²) in [7, 11) is 0. The number of nitrogens with one attached hydrogen (secondary N) is 1. The zero-order chi connectivity index (χ0) is 15.5. The molecule has 1 aromatic rings. The number of nitrogens with zero attached hydrogens (tertiary/aromatic N) is 1. The average molecular weight is 292 g/mol. The van der Waals surface area contributed by atoms with Crippen molar-refractivity contribution in [3.63, 3.8) is 0 Å². The van der Waals surface area contributed by atoms with Crippen LogP contribution < -0.4 is 4.74 Å². The van der Waals surface area contributed by atoms with Crippen molar-refractivity contribution >= 4 is 5.90 Å². The van der Waals surface area contributed by atoms with Gasteiger partial charge >= 0.3 is 0 Å². The lowest BCUT2D eigenvalue weighted by molar-refractivity contribution is 0.286. The van der Waals surface area contributed by atoms with Gasteiger partial charge in [0.2, 0.25) is 0 Å². The molecule has 4 heteroatoms. The van der Waals surface area contributed by atoms with E-state index in [4.69, 9.17) is 14.9 Å². The average Bonchev–Trinajstić information content (AvgIpc) is 2.50. The van der Waals surface area contributed by atoms with Gasteiger partial charge in [0.05, 0.1) is 13.2 Å². The van der Waals surface area contributed by atoms with Gasteiger partial charge in [-0.1, -0.05) is 26.0 Å². The van der Waals surface area contributed by atoms with Gasteiger partial charge in [0, 0.05) is 13.0 Å². The van der Waals surface area contributed by atoms with E-state index >= 15 is 0 Å². The van der Waals surface area contributed by atoms with Crippen LogP contribution in [-0.2, 0) is 11.3 Å². The highest BCUT2D eigenvalue weighted by molar-refractivity contribution is 5.72. The minimum Gasteiger partial charge on any atom is -0.494 e. The highest BCUT2D eigenvalue weighted by Crippen LogP contribution is 2.15. The van der Waals surface area contributed by atoms with Crippen LogP contribution in [-0.4, -0.2) is 37.1 Å². The molecule has 0 aliphatic carbocycles. The molecule has 0 heterocycles. The van der Waals surface area contributed by atoms with Gasteiger partial charge in [-0.25, -0.2) is 0 Å². The molecule has 0 aliphatic heterocycles. The molecule has 1 rings (SSSR count). The number of hydrogen-bond donors (Lipinski definition) is 1. The van der Waals surface area contributed by atoms with Gasteiger partial charge in [0.25, 0.3) is 0 Å². The van der Waals surface area contributed by atoms with Gasteiger partial charge in [0.15, 0.2) is 5.90 Å². The van der Waals surface area contributed by atoms with E-state index in [1.54, 1.807) is 0 Å². The first-order chi connectivity index (χ1) is 10.2. The lowest BCUT2D eigenvalue weighted by Gasteiger charge is -2.18. The maximum absolute atomic E-state index is 7.54. The Bertz CT molecular complexity index is 417. The summed E-state index contributed by atoms with van der Waals surface area (Å²) in [5, 5.41) is 7.54. The maximum Gasteiger partial charge on any atom is 0.180 e. The zero-order valence-corrected chi connectivity index (χ0v) is 13.5. The van der Waals surface area contributed by atoms with E-state index in [9.17, 15) is 0 Å². The number of rotatable bonds is 10. The molecule has 0 atom stereocenters. The summed E-state index contributed by atoms with van der Waals surface area (Å²) >= 11 is 0. The van der Waals surface area contributed by atoms with Crippen LogP contribution in [0.1, 0.15) is 39.2 Å². The Balaban J connectivity index is 2.37. The molecular formula is C17H28N2O2. The van der Waals surface area contributed by atoms with Crippen LogP contribution in [0.15, 0.2) is 24.3 Å². The predicted molar refractivity (Wildman–Crippen MR) is 87.1 cm³/mol. The molecule has 1 N–H and O–H groups in total. The molecule has 118 valence electrons. The van der Waals surface area contributed by atoms with Crippen LogP contribution in [0.3, 0.4) is 0 Å². The first kappa shape index (κ1) is 17.5. The fourth-order valence-corrected chi connectivity index (χ4v) is 2.11. The van der Waals surface area contributed by atoms with E-state index in [1.165, 1.54) is 5.56 Å². The molecule has 21 heavy (non-hydrogen) atoms. The number of ether oxygens (including phenoxy) is 2. The second-order valence-corrected chi connectivity index (χ2v) is 4.92. The molecule has 0 unspecified atom stereocenters. The largest absolute Gasteiger partial charge is 0.494 e. The predicted octanol–water partition coefficient (Wildman–Crippen LogP) is 3.70. The van der Waals surface area contributed by atoms with Crippen LogP contribution in [0.5, 0.6) is 5.75 Å². The summed E-state index contributed by atoms with van der Waals surface area (Å²) < 4.78 is 10.9. The van der Waals surface area contributed by atoms with Gasteiger partial charge in [-0.2, -0.15) is 0 Å². The van der Waals surface area contributed by atoms with E-state index in [0.717, 1.165) is 31.8 Å². The molecule has 0 saturated heterocycles. The summed E-state index contributed by atoms with van der Waals surface area (Å²) in [4.78, 5) is 2.38. The van der Waals surface area contributed by atoms with Crippen molar-refractivity contribution in [2.75, 3.05) is 26.3 Å². The van der Waals surface area contributed by atoms with Crippen LogP contribution in [0.2, 0.25) is 0 Å². The minimum atomic E-state index is 0.344. The van der Waals surface area contributed by atoms with Crippen molar-refractivity contribution in [3.8, 4) is 5.75 Å². The van der Waals surface area contributed by atoms with Gasteiger partial charge in [-0.15, -0.1) is 0 Å². The Morgan fingerprint density at radius 3 is 2.62 bits per heavy atom. The topological polar surface area (TPSA) is 45.6 Å². The van der Waals surface area contributed by atoms with Crippen molar-refractivity contribution in [1.29, 1.82) is 5.41 Å². The summed E-state index contributed by atoms with van der Waals surface area (Å²) in [5.74, 6) is 1.25. The van der Waals surface area contributed by atoms with Gasteiger partial charge in [-0.05, 0) is 44.1 Å². The van der Waals surface area contributed by atoms with E-state index in [1.807, 2.05) is 19.1 Å². The lowest BCUT2D eigenvalue weighted by Crippen LogP contribution is -2.22. The smallest absolute Gasteiger partial charge is 0.180 e. The Hall–Kier alpha value is -1.55. The standard InChI is InChI=1S/C17H28N2O2/c1-4-19(5-2)14-15-9-7-10-16(13-15)21-12-8-11-17(18)20-6-3/h7,9-10,13,18H,4-6,8,11-12,14H2,1-3H3. The highest BCUT2D eigenvalue weighted by atomic mass is 16.5. The maximum atomic E-state index is 7.54. The SMILES string of the molecule is CCOC(=N)CCCOc1cccc(CN(CC)CC)c1. The highest BCUT2D eigenvalue weighted by Gasteiger charge is 2.03. The summed E-state index contributed by atoms with van der Waals surface area (Å²) in [5.41, 5.74) is 1.28. The second-order valence-electron chi connectivity index (χ2n) is 4.92. The van der Waals surface area contributed by atoms with Gasteiger partial charge < -0.3 is 9.47 Å². The monoisotopic (exact) mass is 292 g/mol. The third kappa shape index (κ3) is 7.14. The molecule has 0 radical (unpaired) electrons. The fraction of sp³-hybridized carbons (Fsp3) is 0.588. The van der Waals surface area contributed by atoms with Crippen molar-refractivity contribution in [2.45, 2.75) is 40.2 Å². The molecular weight excluding hydrogens is 264 g/mol. The Morgan fingerprint density at radius 1 is 1.19 bits per heavy atom. The number of benzene rings is 1. The molecule has 1 aromatic carbocycles. The van der Waals surface area contributed by atoms with E-state index in [0.29, 0.717) is 25.5 Å². The first-order valence-corrected chi connectivity index (χ1v) is 7.83. The summed E-state index contributed by atoms with van der Waals surface area (Å²) in [6.07, 6.45) is 1.44. The molecule has 0 fully saturated rings. The Labute approximate surface area is 128 Å². The lowest BCUT2D eigenvalue weighted by atomic mass is 10.2. The van der Waals surface area contributed by atoms with Gasteiger partial charge in [-0.3, -0.25) is 10.3 Å². The number of hydrogen-bond acceptors (Lipinski definition) is 4.